The fourth-order valence-electron chi connectivity index (χ4n) is 0. The SMILES string of the molecule is C=CC.C=C[SiH3]. The topological polar surface area (TPSA) is 0 Å². The summed E-state index contributed by atoms with van der Waals surface area (Å²) in [5, 5.41) is 0. The van der Waals surface area contributed by atoms with Crippen LogP contribution in [0.25, 0.3) is 0 Å². The van der Waals surface area contributed by atoms with E-state index in [0.717, 1.165) is 10.2 Å². The van der Waals surface area contributed by atoms with E-state index in [0.29, 0.717) is 0 Å². The molecule has 36 valence electrons. The third-order valence-corrected chi connectivity index (χ3v) is 0. The Kier molecular flexibility index (Phi) is 34.2. The Labute approximate surface area is 43.0 Å². The molecule has 0 aromatic carbocycles. The fraction of sp³-hybridized carbons (Fsp3) is 0.200. The highest BCUT2D eigenvalue weighted by Gasteiger charge is 1.16. The Morgan fingerprint density at radius 1 is 1.50 bits per heavy atom. The van der Waals surface area contributed by atoms with Gasteiger partial charge in [-0.25, -0.2) is 0 Å². The van der Waals surface area contributed by atoms with Crippen LogP contribution in [0.3, 0.4) is 0 Å². The van der Waals surface area contributed by atoms with E-state index in [1.807, 2.05) is 12.6 Å². The Hall–Kier alpha value is -0.303. The zero-order valence-corrected chi connectivity index (χ0v) is 6.57. The fourth-order valence-corrected chi connectivity index (χ4v) is 0. The normalized spacial score (nSPS) is 4.83. The van der Waals surface area contributed by atoms with E-state index in [-0.39, 0.29) is 0 Å². The van der Waals surface area contributed by atoms with Gasteiger partial charge in [0.1, 0.15) is 0 Å². The summed E-state index contributed by atoms with van der Waals surface area (Å²) in [6, 6.07) is 0. The van der Waals surface area contributed by atoms with E-state index < -0.39 is 0 Å². The van der Waals surface area contributed by atoms with Crippen LogP contribution >= 0.6 is 0 Å². The second-order valence-corrected chi connectivity index (χ2v) is 1.63. The van der Waals surface area contributed by atoms with Gasteiger partial charge in [0.05, 0.1) is 0 Å². The van der Waals surface area contributed by atoms with Gasteiger partial charge in [0, 0.05) is 10.2 Å². The first-order valence-electron chi connectivity index (χ1n) is 1.97. The molecule has 0 nitrogen and oxygen atoms in total. The highest BCUT2D eigenvalue weighted by atomic mass is 28.1. The molecular weight excluding hydrogens is 88.1 g/mol. The summed E-state index contributed by atoms with van der Waals surface area (Å²) in [6.07, 6.45) is 1.75. The molecule has 1 heteroatoms. The molecule has 0 N–H and O–H groups in total. The van der Waals surface area contributed by atoms with Gasteiger partial charge in [0.25, 0.3) is 0 Å². The van der Waals surface area contributed by atoms with Gasteiger partial charge in [0.15, 0.2) is 0 Å². The maximum absolute atomic E-state index is 3.42. The van der Waals surface area contributed by atoms with E-state index in [4.69, 9.17) is 0 Å². The summed E-state index contributed by atoms with van der Waals surface area (Å²) in [6.45, 7) is 8.67. The first-order chi connectivity index (χ1) is 2.83. The largest absolute Gasteiger partial charge is 0.112 e. The van der Waals surface area contributed by atoms with Crippen molar-refractivity contribution in [1.82, 2.24) is 0 Å². The molecule has 0 aromatic heterocycles. The van der Waals surface area contributed by atoms with Gasteiger partial charge < -0.3 is 0 Å². The first kappa shape index (κ1) is 9.20. The van der Waals surface area contributed by atoms with Gasteiger partial charge in [-0.1, -0.05) is 6.08 Å². The molecule has 0 unspecified atom stereocenters. The minimum atomic E-state index is 1.13. The summed E-state index contributed by atoms with van der Waals surface area (Å²) in [4.78, 5) is 0. The Bertz CT molecular complexity index is 24.9. The van der Waals surface area contributed by atoms with Crippen molar-refractivity contribution in [3.63, 3.8) is 0 Å². The molecule has 0 atom stereocenters. The van der Waals surface area contributed by atoms with E-state index >= 15 is 0 Å². The van der Waals surface area contributed by atoms with Gasteiger partial charge in [-0.3, -0.25) is 0 Å². The van der Waals surface area contributed by atoms with Gasteiger partial charge >= 0.3 is 0 Å². The zero-order valence-electron chi connectivity index (χ0n) is 4.57. The molecular formula is C5H12Si. The van der Waals surface area contributed by atoms with Gasteiger partial charge in [-0.15, -0.1) is 18.9 Å². The smallest absolute Gasteiger partial charge is 0.0283 e. The van der Waals surface area contributed by atoms with Crippen molar-refractivity contribution >= 4 is 10.2 Å². The summed E-state index contributed by atoms with van der Waals surface area (Å²) in [5.41, 5.74) is 1.89. The van der Waals surface area contributed by atoms with Crippen LogP contribution in [0.5, 0.6) is 0 Å². The summed E-state index contributed by atoms with van der Waals surface area (Å²) < 4.78 is 0. The third-order valence-electron chi connectivity index (χ3n) is 0. The Morgan fingerprint density at radius 2 is 1.50 bits per heavy atom. The quantitative estimate of drug-likeness (QED) is 0.310. The van der Waals surface area contributed by atoms with Crippen LogP contribution in [0.15, 0.2) is 24.9 Å². The van der Waals surface area contributed by atoms with E-state index in [9.17, 15) is 0 Å². The molecule has 0 aliphatic carbocycles. The molecule has 0 aliphatic heterocycles. The van der Waals surface area contributed by atoms with Crippen LogP contribution in [-0.2, 0) is 0 Å². The maximum Gasteiger partial charge on any atom is 0.0283 e. The van der Waals surface area contributed by atoms with Gasteiger partial charge in [-0.05, 0) is 6.92 Å². The predicted molar refractivity (Wildman–Crippen MR) is 36.0 cm³/mol. The number of hydrogen-bond donors (Lipinski definition) is 0. The Balaban J connectivity index is 0. The van der Waals surface area contributed by atoms with Crippen LogP contribution in [0.1, 0.15) is 6.92 Å². The average Bonchev–Trinajstić information content (AvgIpc) is 1.39. The molecule has 0 radical (unpaired) electrons. The molecule has 0 bridgehead atoms. The lowest BCUT2D eigenvalue weighted by molar-refractivity contribution is 1.80. The number of rotatable bonds is 0. The van der Waals surface area contributed by atoms with Crippen molar-refractivity contribution in [2.24, 2.45) is 0 Å². The van der Waals surface area contributed by atoms with Crippen molar-refractivity contribution < 1.29 is 0 Å². The molecule has 0 spiro atoms. The molecule has 0 saturated heterocycles. The van der Waals surface area contributed by atoms with Crippen molar-refractivity contribution in [2.75, 3.05) is 0 Å². The van der Waals surface area contributed by atoms with Crippen LogP contribution < -0.4 is 0 Å². The van der Waals surface area contributed by atoms with E-state index in [1.165, 1.54) is 0 Å². The zero-order chi connectivity index (χ0) is 5.41. The summed E-state index contributed by atoms with van der Waals surface area (Å²) >= 11 is 0. The van der Waals surface area contributed by atoms with Crippen molar-refractivity contribution in [3.8, 4) is 0 Å². The Morgan fingerprint density at radius 3 is 1.50 bits per heavy atom. The third kappa shape index (κ3) is 293. The van der Waals surface area contributed by atoms with Crippen molar-refractivity contribution in [1.29, 1.82) is 0 Å². The molecule has 0 rings (SSSR count). The molecule has 0 fully saturated rings. The standard InChI is InChI=1S/C3H6.C2H6Si/c1-3-2;1-2-3/h3H,1H2,2H3;2H,1H2,3H3. The van der Waals surface area contributed by atoms with Crippen LogP contribution in [0.2, 0.25) is 0 Å². The lowest BCUT2D eigenvalue weighted by atomic mass is 10.8. The van der Waals surface area contributed by atoms with E-state index in [1.54, 1.807) is 6.08 Å². The molecule has 0 saturated carbocycles. The minimum absolute atomic E-state index is 1.13. The second kappa shape index (κ2) is 22.3. The molecule has 6 heavy (non-hydrogen) atoms. The highest BCUT2D eigenvalue weighted by Crippen LogP contribution is 1.38. The molecule has 0 heterocycles. The minimum Gasteiger partial charge on any atom is -0.112 e. The first-order valence-corrected chi connectivity index (χ1v) is 3.13. The van der Waals surface area contributed by atoms with Crippen LogP contribution in [-0.4, -0.2) is 10.2 Å². The maximum atomic E-state index is 3.42. The van der Waals surface area contributed by atoms with Gasteiger partial charge in [-0.2, -0.15) is 0 Å². The van der Waals surface area contributed by atoms with E-state index in [2.05, 4.69) is 13.2 Å². The summed E-state index contributed by atoms with van der Waals surface area (Å²) in [7, 11) is 1.13. The van der Waals surface area contributed by atoms with Crippen LogP contribution in [0.4, 0.5) is 0 Å². The molecule has 0 amide bonds. The summed E-state index contributed by atoms with van der Waals surface area (Å²) in [5.74, 6) is 0. The van der Waals surface area contributed by atoms with Crippen LogP contribution in [0, 0.1) is 0 Å². The van der Waals surface area contributed by atoms with Crippen molar-refractivity contribution in [3.05, 3.63) is 24.9 Å². The lowest BCUT2D eigenvalue weighted by Gasteiger charge is -1.31. The number of allylic oxidation sites excluding steroid dienone is 1. The van der Waals surface area contributed by atoms with Gasteiger partial charge in [0.2, 0.25) is 0 Å². The van der Waals surface area contributed by atoms with Crippen molar-refractivity contribution in [2.45, 2.75) is 6.92 Å². The molecule has 0 aromatic rings. The lowest BCUT2D eigenvalue weighted by Crippen LogP contribution is -1.29. The number of hydrogen-bond acceptors (Lipinski definition) is 0. The average molecular weight is 100 g/mol. The monoisotopic (exact) mass is 100 g/mol. The molecule has 0 aliphatic rings. The second-order valence-electron chi connectivity index (χ2n) is 0.816. The highest BCUT2D eigenvalue weighted by molar-refractivity contribution is 6.16. The predicted octanol–water partition coefficient (Wildman–Crippen LogP) is 0.688.